The Labute approximate surface area is 318 Å². The molecular weight excluding hydrogens is 700 g/mol. The zero-order valence-corrected chi connectivity index (χ0v) is 33.6. The molecule has 11 heteroatoms. The van der Waals surface area contributed by atoms with Crippen LogP contribution in [0, 0.1) is 23.7 Å². The molecule has 0 aliphatic carbocycles. The Morgan fingerprint density at radius 2 is 0.981 bits per heavy atom. The Hall–Kier alpha value is -3.88. The predicted molar refractivity (Wildman–Crippen MR) is 218 cm³/mol. The summed E-state index contributed by atoms with van der Waals surface area (Å²) in [6.45, 7) is 16.5. The number of hydrogen-bond acceptors (Lipinski definition) is 9. The van der Waals surface area contributed by atoms with E-state index in [1.165, 1.54) is 0 Å². The lowest BCUT2D eigenvalue weighted by Crippen LogP contribution is -2.36. The van der Waals surface area contributed by atoms with Gasteiger partial charge in [0.15, 0.2) is 0 Å². The molecule has 278 valence electrons. The molecule has 0 spiro atoms. The molecule has 0 amide bonds. The molecule has 3 heterocycles. The van der Waals surface area contributed by atoms with E-state index in [0.29, 0.717) is 13.2 Å². The number of nitrogens with zero attached hydrogens (tertiary/aromatic N) is 4. The van der Waals surface area contributed by atoms with Crippen LogP contribution in [0.4, 0.5) is 0 Å². The largest absolute Gasteiger partial charge is 0.497 e. The summed E-state index contributed by atoms with van der Waals surface area (Å²) in [5.74, 6) is 15.0. The first-order chi connectivity index (χ1) is 25.8. The van der Waals surface area contributed by atoms with E-state index in [1.807, 2.05) is 62.4 Å². The van der Waals surface area contributed by atoms with Crippen LogP contribution in [0.25, 0.3) is 0 Å². The first-order valence-corrected chi connectivity index (χ1v) is 21.5. The number of nitrogens with one attached hydrogen (secondary N) is 1. The average Bonchev–Trinajstić information content (AvgIpc) is 3.28. The number of aromatic nitrogens is 2. The average molecular weight is 752 g/mol. The van der Waals surface area contributed by atoms with E-state index in [9.17, 15) is 0 Å². The topological polar surface area (TPSA) is 81.2 Å². The monoisotopic (exact) mass is 751 g/mol. The van der Waals surface area contributed by atoms with Crippen LogP contribution in [0.2, 0.25) is 0 Å². The van der Waals surface area contributed by atoms with E-state index in [-0.39, 0.29) is 0 Å². The zero-order valence-electron chi connectivity index (χ0n) is 31.8. The van der Waals surface area contributed by atoms with Gasteiger partial charge in [0, 0.05) is 87.8 Å². The van der Waals surface area contributed by atoms with Gasteiger partial charge in [-0.25, -0.2) is 9.97 Å². The van der Waals surface area contributed by atoms with E-state index in [0.717, 1.165) is 108 Å². The normalized spacial score (nSPS) is 15.1. The van der Waals surface area contributed by atoms with Gasteiger partial charge in [-0.05, 0) is 100.0 Å². The van der Waals surface area contributed by atoms with Crippen LogP contribution < -0.4 is 25.7 Å². The van der Waals surface area contributed by atoms with Crippen LogP contribution in [0.15, 0.2) is 72.8 Å². The van der Waals surface area contributed by atoms with Crippen molar-refractivity contribution in [3.8, 4) is 35.2 Å². The van der Waals surface area contributed by atoms with Crippen LogP contribution in [0.5, 0.6) is 11.5 Å². The maximum absolute atomic E-state index is 6.02. The molecule has 1 aliphatic heterocycles. The molecule has 2 unspecified atom stereocenters. The summed E-state index contributed by atoms with van der Waals surface area (Å²) in [6, 6.07) is 24.0. The number of ether oxygens (including phenoxy) is 2. The third kappa shape index (κ3) is 12.9. The summed E-state index contributed by atoms with van der Waals surface area (Å²) < 4.78 is 22.6. The highest BCUT2D eigenvalue weighted by Crippen LogP contribution is 2.31. The van der Waals surface area contributed by atoms with Crippen molar-refractivity contribution in [3.63, 3.8) is 0 Å². The number of hydrogen-bond donors (Lipinski definition) is 1. The molecule has 1 fully saturated rings. The lowest BCUT2D eigenvalue weighted by molar-refractivity contribution is 0.207. The van der Waals surface area contributed by atoms with Crippen LogP contribution in [-0.2, 0) is 22.1 Å². The van der Waals surface area contributed by atoms with E-state index in [4.69, 9.17) is 28.5 Å². The zero-order chi connectivity index (χ0) is 37.4. The Morgan fingerprint density at radius 1 is 0.585 bits per heavy atom. The first-order valence-electron chi connectivity index (χ1n) is 18.1. The molecule has 5 rings (SSSR count). The van der Waals surface area contributed by atoms with Gasteiger partial charge in [-0.15, -0.1) is 0 Å². The lowest BCUT2D eigenvalue weighted by Gasteiger charge is -2.26. The number of pyridine rings is 2. The molecule has 1 aliphatic rings. The number of benzene rings is 2. The molecule has 9 nitrogen and oxygen atoms in total. The Kier molecular flexibility index (Phi) is 16.1. The maximum Gasteiger partial charge on any atom is 0.118 e. The predicted octanol–water partition coefficient (Wildman–Crippen LogP) is 5.58. The van der Waals surface area contributed by atoms with Crippen molar-refractivity contribution < 1.29 is 18.5 Å². The summed E-state index contributed by atoms with van der Waals surface area (Å²) in [7, 11) is 1.64. The van der Waals surface area contributed by atoms with E-state index >= 15 is 0 Å². The molecule has 2 aromatic heterocycles. The molecule has 2 aromatic carbocycles. The third-order valence-electron chi connectivity index (χ3n) is 8.62. The third-order valence-corrected chi connectivity index (χ3v) is 11.7. The highest BCUT2D eigenvalue weighted by atomic mass is 31.1. The second-order valence-corrected chi connectivity index (χ2v) is 15.9. The lowest BCUT2D eigenvalue weighted by atomic mass is 10.1. The van der Waals surface area contributed by atoms with Gasteiger partial charge in [0.05, 0.1) is 52.8 Å². The maximum atomic E-state index is 6.02. The minimum Gasteiger partial charge on any atom is -0.497 e. The van der Waals surface area contributed by atoms with Crippen molar-refractivity contribution in [2.24, 2.45) is 0 Å². The van der Waals surface area contributed by atoms with Gasteiger partial charge in [0.25, 0.3) is 0 Å². The van der Waals surface area contributed by atoms with E-state index in [2.05, 4.69) is 76.4 Å². The molecule has 1 saturated heterocycles. The fraction of sp³-hybridized carbons (Fsp3) is 0.381. The van der Waals surface area contributed by atoms with Crippen molar-refractivity contribution in [1.82, 2.24) is 25.1 Å². The van der Waals surface area contributed by atoms with Crippen molar-refractivity contribution in [1.29, 1.82) is 0 Å². The van der Waals surface area contributed by atoms with Crippen LogP contribution in [0.3, 0.4) is 0 Å². The second kappa shape index (κ2) is 21.1. The summed E-state index contributed by atoms with van der Waals surface area (Å²) in [5.41, 5.74) is 7.68. The quantitative estimate of drug-likeness (QED) is 0.148. The van der Waals surface area contributed by atoms with Gasteiger partial charge in [-0.2, -0.15) is 0 Å². The van der Waals surface area contributed by atoms with Crippen LogP contribution in [0.1, 0.15) is 47.5 Å². The fourth-order valence-electron chi connectivity index (χ4n) is 5.81. The van der Waals surface area contributed by atoms with Crippen molar-refractivity contribution in [2.45, 2.75) is 26.9 Å². The fourth-order valence-corrected chi connectivity index (χ4v) is 8.03. The summed E-state index contributed by atoms with van der Waals surface area (Å²) in [5, 5.41) is 3.65. The van der Waals surface area contributed by atoms with Crippen LogP contribution in [-0.4, -0.2) is 99.8 Å². The molecule has 0 radical (unpaired) electrons. The smallest absolute Gasteiger partial charge is 0.118 e. The molecule has 2 atom stereocenters. The van der Waals surface area contributed by atoms with Gasteiger partial charge < -0.3 is 23.8 Å². The Balaban J connectivity index is 1.33. The van der Waals surface area contributed by atoms with Crippen molar-refractivity contribution in [3.05, 3.63) is 106 Å². The van der Waals surface area contributed by atoms with Gasteiger partial charge >= 0.3 is 0 Å². The van der Waals surface area contributed by atoms with Crippen LogP contribution >= 0.6 is 16.3 Å². The van der Waals surface area contributed by atoms with Gasteiger partial charge in [0.2, 0.25) is 0 Å². The van der Waals surface area contributed by atoms with Gasteiger partial charge in [-0.3, -0.25) is 9.80 Å². The number of methoxy groups -OCH3 is 2. The molecule has 0 saturated carbocycles. The second-order valence-electron chi connectivity index (χ2n) is 12.5. The Morgan fingerprint density at radius 3 is 1.36 bits per heavy atom. The molecule has 0 bridgehead atoms. The first kappa shape index (κ1) is 40.3. The summed E-state index contributed by atoms with van der Waals surface area (Å²) >= 11 is 0. The van der Waals surface area contributed by atoms with Gasteiger partial charge in [-0.1, -0.05) is 23.7 Å². The minimum absolute atomic E-state index is 0.647. The standard InChI is InChI=1S/C42H51N5O4P2/c1-7-50-52(5)41-29-35(11-9-33-13-17-39(48-3)18-14-33)27-37(44-41)31-46-23-21-43-22-24-47(26-25-46)32-38-28-36(30-42(45-38)53(6)51-8-2)12-10-34-15-19-40(49-4)20-16-34/h13-20,27-30,43H,7-8,21-26,31-32H2,1-6H3. The summed E-state index contributed by atoms with van der Waals surface area (Å²) in [6.07, 6.45) is 0. The van der Waals surface area contributed by atoms with Gasteiger partial charge in [0.1, 0.15) is 11.5 Å². The SMILES string of the molecule is CCOP(C)c1cc(C#Cc2ccc(OC)cc2)cc(CN2CCNCCN(Cc3cc(C#Cc4ccc(OC)cc4)cc(P(C)OCC)n3)CC2)n1. The molecular formula is C42H51N5O4P2. The van der Waals surface area contributed by atoms with Crippen molar-refractivity contribution >= 4 is 27.2 Å². The molecule has 1 N–H and O–H groups in total. The summed E-state index contributed by atoms with van der Waals surface area (Å²) in [4.78, 5) is 15.1. The Bertz CT molecular complexity index is 1750. The number of rotatable bonds is 12. The minimum atomic E-state index is -0.847. The highest BCUT2D eigenvalue weighted by molar-refractivity contribution is 7.60. The molecule has 4 aromatic rings. The molecule has 53 heavy (non-hydrogen) atoms. The highest BCUT2D eigenvalue weighted by Gasteiger charge is 2.18. The van der Waals surface area contributed by atoms with Crippen molar-refractivity contribution in [2.75, 3.05) is 80.0 Å². The van der Waals surface area contributed by atoms with E-state index in [1.54, 1.807) is 14.2 Å². The van der Waals surface area contributed by atoms with E-state index < -0.39 is 16.3 Å².